The SMILES string of the molecule is COc1cccc(C2=NN(C(=O)CN(CCN3CCOCC3)C(=O)NC(C)C)C(c3ccccc3F)C2)c1. The Morgan fingerprint density at radius 1 is 1.18 bits per heavy atom. The van der Waals surface area contributed by atoms with Crippen molar-refractivity contribution in [3.63, 3.8) is 0 Å². The molecule has 10 heteroatoms. The van der Waals surface area contributed by atoms with Gasteiger partial charge in [0.05, 0.1) is 32.1 Å². The number of halogens is 1. The van der Waals surface area contributed by atoms with Gasteiger partial charge in [0, 0.05) is 49.8 Å². The van der Waals surface area contributed by atoms with E-state index in [-0.39, 0.29) is 24.5 Å². The van der Waals surface area contributed by atoms with Crippen LogP contribution in [0.4, 0.5) is 9.18 Å². The summed E-state index contributed by atoms with van der Waals surface area (Å²) in [5.74, 6) is -0.117. The molecule has 0 radical (unpaired) electrons. The Hall–Kier alpha value is -3.50. The summed E-state index contributed by atoms with van der Waals surface area (Å²) >= 11 is 0. The van der Waals surface area contributed by atoms with E-state index in [1.165, 1.54) is 16.0 Å². The zero-order valence-corrected chi connectivity index (χ0v) is 22.2. The predicted molar refractivity (Wildman–Crippen MR) is 143 cm³/mol. The maximum Gasteiger partial charge on any atom is 0.318 e. The van der Waals surface area contributed by atoms with Gasteiger partial charge in [-0.3, -0.25) is 9.69 Å². The number of nitrogens with one attached hydrogen (secondary N) is 1. The molecular weight excluding hydrogens is 489 g/mol. The number of amides is 3. The molecule has 9 nitrogen and oxygen atoms in total. The van der Waals surface area contributed by atoms with Crippen LogP contribution in [-0.4, -0.2) is 91.5 Å². The fraction of sp³-hybridized carbons (Fsp3) is 0.464. The zero-order valence-electron chi connectivity index (χ0n) is 22.2. The van der Waals surface area contributed by atoms with E-state index in [0.717, 1.165) is 18.7 Å². The summed E-state index contributed by atoms with van der Waals surface area (Å²) in [5, 5.41) is 8.87. The van der Waals surface area contributed by atoms with Crippen molar-refractivity contribution in [2.75, 3.05) is 53.0 Å². The highest BCUT2D eigenvalue weighted by Crippen LogP contribution is 2.34. The van der Waals surface area contributed by atoms with E-state index in [1.54, 1.807) is 25.3 Å². The highest BCUT2D eigenvalue weighted by molar-refractivity contribution is 6.03. The van der Waals surface area contributed by atoms with Gasteiger partial charge in [0.2, 0.25) is 0 Å². The molecule has 2 aliphatic rings. The molecule has 4 rings (SSSR count). The third-order valence-electron chi connectivity index (χ3n) is 6.65. The van der Waals surface area contributed by atoms with Gasteiger partial charge in [-0.25, -0.2) is 14.2 Å². The van der Waals surface area contributed by atoms with E-state index in [9.17, 15) is 14.0 Å². The molecule has 2 aromatic carbocycles. The Balaban J connectivity index is 1.58. The second-order valence-corrected chi connectivity index (χ2v) is 9.74. The lowest BCUT2D eigenvalue weighted by Crippen LogP contribution is -2.50. The van der Waals surface area contributed by atoms with E-state index in [0.29, 0.717) is 49.7 Å². The average molecular weight is 526 g/mol. The van der Waals surface area contributed by atoms with Crippen LogP contribution in [0.25, 0.3) is 0 Å². The summed E-state index contributed by atoms with van der Waals surface area (Å²) in [4.78, 5) is 30.5. The first-order chi connectivity index (χ1) is 18.4. The molecule has 1 atom stereocenters. The van der Waals surface area contributed by atoms with Gasteiger partial charge in [-0.1, -0.05) is 30.3 Å². The third-order valence-corrected chi connectivity index (χ3v) is 6.65. The first kappa shape index (κ1) is 27.5. The predicted octanol–water partition coefficient (Wildman–Crippen LogP) is 3.26. The van der Waals surface area contributed by atoms with E-state index < -0.39 is 11.9 Å². The standard InChI is InChI=1S/C28H36FN5O4/c1-20(2)30-28(36)33(12-11-32-13-15-38-16-14-32)19-27(35)34-26(23-9-4-5-10-24(23)29)18-25(31-34)21-7-6-8-22(17-21)37-3/h4-10,17,20,26H,11-16,18-19H2,1-3H3,(H,30,36). The van der Waals surface area contributed by atoms with Crippen LogP contribution in [0.5, 0.6) is 5.75 Å². The number of carbonyl (C=O) groups excluding carboxylic acids is 2. The Labute approximate surface area is 223 Å². The molecule has 38 heavy (non-hydrogen) atoms. The van der Waals surface area contributed by atoms with Gasteiger partial charge in [-0.05, 0) is 32.0 Å². The fourth-order valence-electron chi connectivity index (χ4n) is 4.62. The van der Waals surface area contributed by atoms with Crippen LogP contribution >= 0.6 is 0 Å². The maximum atomic E-state index is 14.9. The lowest BCUT2D eigenvalue weighted by atomic mass is 9.98. The van der Waals surface area contributed by atoms with E-state index in [2.05, 4.69) is 15.3 Å². The molecule has 0 spiro atoms. The van der Waals surface area contributed by atoms with Crippen molar-refractivity contribution in [1.82, 2.24) is 20.1 Å². The number of ether oxygens (including phenoxy) is 2. The Kier molecular flexibility index (Phi) is 9.30. The van der Waals surface area contributed by atoms with Crippen LogP contribution in [-0.2, 0) is 9.53 Å². The molecule has 1 fully saturated rings. The molecule has 0 bridgehead atoms. The lowest BCUT2D eigenvalue weighted by molar-refractivity contribution is -0.133. The van der Waals surface area contributed by atoms with Gasteiger partial charge in [0.15, 0.2) is 0 Å². The Bertz CT molecular complexity index is 1150. The monoisotopic (exact) mass is 525 g/mol. The minimum absolute atomic E-state index is 0.0841. The molecule has 1 unspecified atom stereocenters. The van der Waals surface area contributed by atoms with Crippen LogP contribution in [0.15, 0.2) is 53.6 Å². The summed E-state index contributed by atoms with van der Waals surface area (Å²) in [6.07, 6.45) is 0.339. The number of nitrogens with zero attached hydrogens (tertiary/aromatic N) is 4. The molecule has 0 aromatic heterocycles. The van der Waals surface area contributed by atoms with Crippen molar-refractivity contribution < 1.29 is 23.5 Å². The molecule has 3 amide bonds. The van der Waals surface area contributed by atoms with Gasteiger partial charge < -0.3 is 19.7 Å². The number of urea groups is 1. The van der Waals surface area contributed by atoms with Crippen molar-refractivity contribution in [3.05, 3.63) is 65.5 Å². The zero-order chi connectivity index (χ0) is 27.1. The number of hydrazone groups is 1. The molecule has 1 saturated heterocycles. The van der Waals surface area contributed by atoms with Crippen molar-refractivity contribution >= 4 is 17.6 Å². The third kappa shape index (κ3) is 6.87. The number of morpholine rings is 1. The number of hydrogen-bond donors (Lipinski definition) is 1. The number of hydrogen-bond acceptors (Lipinski definition) is 6. The molecule has 0 aliphatic carbocycles. The minimum Gasteiger partial charge on any atom is -0.497 e. The molecule has 2 aliphatic heterocycles. The van der Waals surface area contributed by atoms with Gasteiger partial charge in [0.25, 0.3) is 5.91 Å². The number of rotatable bonds is 9. The van der Waals surface area contributed by atoms with Crippen molar-refractivity contribution in [1.29, 1.82) is 0 Å². The average Bonchev–Trinajstić information content (AvgIpc) is 3.37. The van der Waals surface area contributed by atoms with E-state index >= 15 is 0 Å². The first-order valence-electron chi connectivity index (χ1n) is 13.0. The van der Waals surface area contributed by atoms with Crippen LogP contribution in [0, 0.1) is 5.82 Å². The van der Waals surface area contributed by atoms with Crippen molar-refractivity contribution in [2.45, 2.75) is 32.4 Å². The second-order valence-electron chi connectivity index (χ2n) is 9.74. The van der Waals surface area contributed by atoms with Gasteiger partial charge in [0.1, 0.15) is 18.1 Å². The first-order valence-corrected chi connectivity index (χ1v) is 13.0. The molecule has 1 N–H and O–H groups in total. The lowest BCUT2D eigenvalue weighted by Gasteiger charge is -2.31. The van der Waals surface area contributed by atoms with Crippen LogP contribution in [0.2, 0.25) is 0 Å². The molecule has 2 aromatic rings. The Morgan fingerprint density at radius 2 is 1.95 bits per heavy atom. The summed E-state index contributed by atoms with van der Waals surface area (Å²) in [6, 6.07) is 12.8. The molecule has 204 valence electrons. The normalized spacial score (nSPS) is 17.9. The summed E-state index contributed by atoms with van der Waals surface area (Å²) in [5.41, 5.74) is 1.83. The summed E-state index contributed by atoms with van der Waals surface area (Å²) < 4.78 is 25.7. The highest BCUT2D eigenvalue weighted by Gasteiger charge is 2.36. The van der Waals surface area contributed by atoms with Gasteiger partial charge >= 0.3 is 6.03 Å². The number of methoxy groups -OCH3 is 1. The number of benzene rings is 2. The van der Waals surface area contributed by atoms with Crippen molar-refractivity contribution in [2.24, 2.45) is 5.10 Å². The second kappa shape index (κ2) is 12.8. The summed E-state index contributed by atoms with van der Waals surface area (Å²) in [7, 11) is 1.58. The van der Waals surface area contributed by atoms with Gasteiger partial charge in [-0.15, -0.1) is 0 Å². The van der Waals surface area contributed by atoms with Crippen LogP contribution in [0.3, 0.4) is 0 Å². The molecule has 2 heterocycles. The maximum absolute atomic E-state index is 14.9. The molecule has 0 saturated carbocycles. The largest absolute Gasteiger partial charge is 0.497 e. The van der Waals surface area contributed by atoms with Crippen LogP contribution < -0.4 is 10.1 Å². The highest BCUT2D eigenvalue weighted by atomic mass is 19.1. The minimum atomic E-state index is -0.626. The number of carbonyl (C=O) groups is 2. The summed E-state index contributed by atoms with van der Waals surface area (Å²) in [6.45, 7) is 7.42. The Morgan fingerprint density at radius 3 is 2.66 bits per heavy atom. The van der Waals surface area contributed by atoms with E-state index in [1.807, 2.05) is 38.1 Å². The van der Waals surface area contributed by atoms with Crippen molar-refractivity contribution in [3.8, 4) is 5.75 Å². The van der Waals surface area contributed by atoms with E-state index in [4.69, 9.17) is 9.47 Å². The van der Waals surface area contributed by atoms with Gasteiger partial charge in [-0.2, -0.15) is 5.10 Å². The van der Waals surface area contributed by atoms with Crippen LogP contribution in [0.1, 0.15) is 37.4 Å². The quantitative estimate of drug-likeness (QED) is 0.543. The smallest absolute Gasteiger partial charge is 0.318 e. The topological polar surface area (TPSA) is 86.7 Å². The molecular formula is C28H36FN5O4. The fourth-order valence-corrected chi connectivity index (χ4v) is 4.62.